The second-order valence-corrected chi connectivity index (χ2v) is 4.19. The molecule has 4 heteroatoms. The maximum Gasteiger partial charge on any atom is 0.115 e. The van der Waals surface area contributed by atoms with Crippen molar-refractivity contribution >= 4 is 15.9 Å². The Morgan fingerprint density at radius 1 is 0.842 bits per heavy atom. The lowest BCUT2D eigenvalue weighted by Crippen LogP contribution is -1.79. The van der Waals surface area contributed by atoms with Gasteiger partial charge in [-0.1, -0.05) is 47.6 Å². The van der Waals surface area contributed by atoms with E-state index in [1.807, 2.05) is 12.1 Å². The van der Waals surface area contributed by atoms with Crippen molar-refractivity contribution in [1.82, 2.24) is 0 Å². The maximum absolute atomic E-state index is 8.92. The van der Waals surface area contributed by atoms with E-state index in [4.69, 9.17) is 15.3 Å². The molecule has 0 bridgehead atoms. The van der Waals surface area contributed by atoms with Gasteiger partial charge in [-0.2, -0.15) is 0 Å². The van der Waals surface area contributed by atoms with E-state index >= 15 is 0 Å². The average molecular weight is 327 g/mol. The van der Waals surface area contributed by atoms with Gasteiger partial charge in [-0.05, 0) is 35.4 Å². The van der Waals surface area contributed by atoms with Crippen LogP contribution in [0.4, 0.5) is 0 Å². The van der Waals surface area contributed by atoms with Crippen LogP contribution in [0.3, 0.4) is 0 Å². The minimum absolute atomic E-state index is 0. The topological polar surface area (TPSA) is 60.7 Å². The summed E-state index contributed by atoms with van der Waals surface area (Å²) in [5.74, 6) is 0.522. The molecule has 0 unspecified atom stereocenters. The summed E-state index contributed by atoms with van der Waals surface area (Å²) in [5.41, 5.74) is 1.82. The van der Waals surface area contributed by atoms with E-state index in [1.165, 1.54) is 6.07 Å². The fourth-order valence-electron chi connectivity index (χ4n) is 1.29. The molecule has 2 rings (SSSR count). The number of alkyl halides is 1. The summed E-state index contributed by atoms with van der Waals surface area (Å²) >= 11 is 3.28. The largest absolute Gasteiger partial charge is 0.508 e. The molecule has 104 valence electrons. The Kier molecular flexibility index (Phi) is 8.66. The standard InChI is InChI=1S/C7H7BrO.C7H8O2.CH4/c2*8-5-6-2-1-3-7(9)4-6;/h1-4,9H,5H2;1-4,8-9H,5H2;1H4. The molecule has 0 amide bonds. The van der Waals surface area contributed by atoms with E-state index in [2.05, 4.69) is 15.9 Å². The summed E-state index contributed by atoms with van der Waals surface area (Å²) in [6.07, 6.45) is 0. The van der Waals surface area contributed by atoms with Gasteiger partial charge in [0.2, 0.25) is 0 Å². The van der Waals surface area contributed by atoms with Gasteiger partial charge in [0, 0.05) is 5.33 Å². The van der Waals surface area contributed by atoms with Gasteiger partial charge in [0.15, 0.2) is 0 Å². The molecule has 0 aliphatic carbocycles. The average Bonchev–Trinajstić information content (AvgIpc) is 2.39. The van der Waals surface area contributed by atoms with Crippen molar-refractivity contribution < 1.29 is 15.3 Å². The number of benzene rings is 2. The smallest absolute Gasteiger partial charge is 0.115 e. The van der Waals surface area contributed by atoms with Gasteiger partial charge in [0.25, 0.3) is 0 Å². The van der Waals surface area contributed by atoms with Crippen LogP contribution < -0.4 is 0 Å². The van der Waals surface area contributed by atoms with Crippen LogP contribution in [-0.2, 0) is 11.9 Å². The van der Waals surface area contributed by atoms with Crippen LogP contribution in [0.25, 0.3) is 0 Å². The number of hydrogen-bond acceptors (Lipinski definition) is 3. The first-order valence-electron chi connectivity index (χ1n) is 5.38. The van der Waals surface area contributed by atoms with Gasteiger partial charge in [0.05, 0.1) is 6.61 Å². The van der Waals surface area contributed by atoms with Gasteiger partial charge in [-0.25, -0.2) is 0 Å². The van der Waals surface area contributed by atoms with E-state index < -0.39 is 0 Å². The van der Waals surface area contributed by atoms with Crippen LogP contribution in [0.1, 0.15) is 18.6 Å². The molecule has 0 saturated heterocycles. The third-order valence-corrected chi connectivity index (χ3v) is 2.81. The van der Waals surface area contributed by atoms with Crippen LogP contribution in [0.5, 0.6) is 11.5 Å². The van der Waals surface area contributed by atoms with E-state index in [0.29, 0.717) is 5.75 Å². The van der Waals surface area contributed by atoms with E-state index in [0.717, 1.165) is 16.5 Å². The molecule has 0 aromatic heterocycles. The highest BCUT2D eigenvalue weighted by Gasteiger charge is 1.89. The van der Waals surface area contributed by atoms with Gasteiger partial charge >= 0.3 is 0 Å². The third kappa shape index (κ3) is 6.84. The molecule has 0 spiro atoms. The Hall–Kier alpha value is -1.52. The zero-order valence-electron chi connectivity index (χ0n) is 9.75. The first-order valence-corrected chi connectivity index (χ1v) is 6.50. The molecule has 3 N–H and O–H groups in total. The monoisotopic (exact) mass is 326 g/mol. The molecule has 0 radical (unpaired) electrons. The highest BCUT2D eigenvalue weighted by molar-refractivity contribution is 9.08. The molecule has 0 saturated carbocycles. The Bertz CT molecular complexity index is 441. The second-order valence-electron chi connectivity index (χ2n) is 3.63. The summed E-state index contributed by atoms with van der Waals surface area (Å²) in [5, 5.41) is 27.1. The van der Waals surface area contributed by atoms with Crippen LogP contribution >= 0.6 is 15.9 Å². The summed E-state index contributed by atoms with van der Waals surface area (Å²) in [4.78, 5) is 0. The Morgan fingerprint density at radius 3 is 1.63 bits per heavy atom. The predicted octanol–water partition coefficient (Wildman–Crippen LogP) is 3.81. The molecular weight excluding hydrogens is 308 g/mol. The van der Waals surface area contributed by atoms with Crippen LogP contribution in [0.2, 0.25) is 0 Å². The fraction of sp³-hybridized carbons (Fsp3) is 0.200. The lowest BCUT2D eigenvalue weighted by molar-refractivity contribution is 0.281. The Morgan fingerprint density at radius 2 is 1.32 bits per heavy atom. The highest BCUT2D eigenvalue weighted by Crippen LogP contribution is 2.12. The highest BCUT2D eigenvalue weighted by atomic mass is 79.9. The number of rotatable bonds is 2. The Balaban J connectivity index is 0.000000324. The fourth-order valence-corrected chi connectivity index (χ4v) is 1.64. The number of aromatic hydroxyl groups is 2. The lowest BCUT2D eigenvalue weighted by atomic mass is 10.2. The molecule has 3 nitrogen and oxygen atoms in total. The molecule has 0 heterocycles. The van der Waals surface area contributed by atoms with Crippen molar-refractivity contribution in [3.8, 4) is 11.5 Å². The number of hydrogen-bond donors (Lipinski definition) is 3. The molecule has 0 aliphatic rings. The zero-order valence-corrected chi connectivity index (χ0v) is 11.3. The van der Waals surface area contributed by atoms with Crippen molar-refractivity contribution in [2.24, 2.45) is 0 Å². The van der Waals surface area contributed by atoms with Gasteiger partial charge in [-0.15, -0.1) is 0 Å². The summed E-state index contributed by atoms with van der Waals surface area (Å²) in [7, 11) is 0. The predicted molar refractivity (Wildman–Crippen MR) is 81.5 cm³/mol. The van der Waals surface area contributed by atoms with Crippen LogP contribution in [0, 0.1) is 0 Å². The second kappa shape index (κ2) is 9.42. The Labute approximate surface area is 122 Å². The number of phenolic OH excluding ortho intramolecular Hbond substituents is 2. The zero-order chi connectivity index (χ0) is 13.4. The number of halogens is 1. The molecule has 0 fully saturated rings. The van der Waals surface area contributed by atoms with Crippen LogP contribution in [0.15, 0.2) is 48.5 Å². The number of aliphatic hydroxyl groups is 1. The summed E-state index contributed by atoms with van der Waals surface area (Å²) < 4.78 is 0. The first-order chi connectivity index (χ1) is 8.65. The maximum atomic E-state index is 8.92. The van der Waals surface area contributed by atoms with E-state index in [9.17, 15) is 0 Å². The van der Waals surface area contributed by atoms with Crippen molar-refractivity contribution in [3.05, 3.63) is 59.7 Å². The van der Waals surface area contributed by atoms with Gasteiger partial charge in [0.1, 0.15) is 11.5 Å². The van der Waals surface area contributed by atoms with Gasteiger partial charge < -0.3 is 15.3 Å². The molecule has 2 aromatic rings. The summed E-state index contributed by atoms with van der Waals surface area (Å²) in [6.45, 7) is -0.0194. The minimum Gasteiger partial charge on any atom is -0.508 e. The van der Waals surface area contributed by atoms with Gasteiger partial charge in [-0.3, -0.25) is 0 Å². The SMILES string of the molecule is C.OCc1cccc(O)c1.Oc1cccc(CBr)c1. The van der Waals surface area contributed by atoms with Crippen molar-refractivity contribution in [3.63, 3.8) is 0 Å². The van der Waals surface area contributed by atoms with Crippen molar-refractivity contribution in [2.75, 3.05) is 0 Å². The number of aliphatic hydroxyl groups excluding tert-OH is 1. The van der Waals surface area contributed by atoms with E-state index in [1.54, 1.807) is 30.3 Å². The first kappa shape index (κ1) is 17.5. The molecule has 0 aliphatic heterocycles. The van der Waals surface area contributed by atoms with Crippen LogP contribution in [-0.4, -0.2) is 15.3 Å². The lowest BCUT2D eigenvalue weighted by Gasteiger charge is -1.93. The van der Waals surface area contributed by atoms with Crippen molar-refractivity contribution in [1.29, 1.82) is 0 Å². The third-order valence-electron chi connectivity index (χ3n) is 2.16. The number of phenols is 2. The minimum atomic E-state index is -0.0194. The normalized spacial score (nSPS) is 8.95. The molecule has 2 aromatic carbocycles. The molecule has 0 atom stereocenters. The van der Waals surface area contributed by atoms with E-state index in [-0.39, 0.29) is 19.8 Å². The molecule has 19 heavy (non-hydrogen) atoms. The molecular formula is C15H19BrO3. The summed E-state index contributed by atoms with van der Waals surface area (Å²) in [6, 6.07) is 13.7. The van der Waals surface area contributed by atoms with Crippen molar-refractivity contribution in [2.45, 2.75) is 19.4 Å². The quantitative estimate of drug-likeness (QED) is 0.735.